The maximum atomic E-state index is 13.2. The van der Waals surface area contributed by atoms with Gasteiger partial charge in [-0.15, -0.1) is 0 Å². The number of hydrogen-bond donors (Lipinski definition) is 1. The molecule has 0 saturated carbocycles. The van der Waals surface area contributed by atoms with Crippen LogP contribution >= 0.6 is 0 Å². The van der Waals surface area contributed by atoms with Gasteiger partial charge in [0.25, 0.3) is 5.91 Å². The van der Waals surface area contributed by atoms with Gasteiger partial charge in [-0.2, -0.15) is 0 Å². The Bertz CT molecular complexity index is 797. The molecule has 1 amide bonds. The van der Waals surface area contributed by atoms with Crippen LogP contribution in [0, 0.1) is 0 Å². The lowest BCUT2D eigenvalue weighted by Crippen LogP contribution is -2.46. The molecule has 2 aliphatic heterocycles. The fraction of sp³-hybridized carbons (Fsp3) is 0.409. The van der Waals surface area contributed by atoms with Crippen molar-refractivity contribution < 1.29 is 14.3 Å². The fourth-order valence-electron chi connectivity index (χ4n) is 3.75. The summed E-state index contributed by atoms with van der Waals surface area (Å²) in [7, 11) is 0. The summed E-state index contributed by atoms with van der Waals surface area (Å²) in [4.78, 5) is 15.1. The van der Waals surface area contributed by atoms with Crippen molar-refractivity contribution in [2.75, 3.05) is 18.5 Å². The molecule has 1 fully saturated rings. The Balaban J connectivity index is 1.64. The topological polar surface area (TPSA) is 50.8 Å². The Hall–Kier alpha value is -2.53. The zero-order valence-electron chi connectivity index (χ0n) is 15.9. The predicted molar refractivity (Wildman–Crippen MR) is 105 cm³/mol. The van der Waals surface area contributed by atoms with Gasteiger partial charge in [-0.1, -0.05) is 24.3 Å². The summed E-state index contributed by atoms with van der Waals surface area (Å²) in [5.74, 6) is 0.884. The highest BCUT2D eigenvalue weighted by Gasteiger charge is 2.35. The van der Waals surface area contributed by atoms with Crippen molar-refractivity contribution in [1.82, 2.24) is 4.90 Å². The van der Waals surface area contributed by atoms with Gasteiger partial charge in [0.2, 0.25) is 0 Å². The molecule has 2 heterocycles. The molecule has 0 bridgehead atoms. The average Bonchev–Trinajstić information content (AvgIpc) is 3.17. The lowest BCUT2D eigenvalue weighted by Gasteiger charge is -2.39. The summed E-state index contributed by atoms with van der Waals surface area (Å²) < 4.78 is 11.5. The van der Waals surface area contributed by atoms with E-state index in [0.717, 1.165) is 36.4 Å². The van der Waals surface area contributed by atoms with Crippen LogP contribution in [0.3, 0.4) is 0 Å². The van der Waals surface area contributed by atoms with Crippen molar-refractivity contribution in [2.45, 2.75) is 45.1 Å². The van der Waals surface area contributed by atoms with Crippen LogP contribution in [-0.4, -0.2) is 36.2 Å². The van der Waals surface area contributed by atoms with Gasteiger partial charge in [0.15, 0.2) is 0 Å². The van der Waals surface area contributed by atoms with Crippen molar-refractivity contribution in [3.8, 4) is 5.75 Å². The van der Waals surface area contributed by atoms with Gasteiger partial charge >= 0.3 is 0 Å². The first-order valence-electron chi connectivity index (χ1n) is 9.66. The third-order valence-electron chi connectivity index (χ3n) is 5.01. The van der Waals surface area contributed by atoms with E-state index < -0.39 is 0 Å². The normalized spacial score (nSPS) is 21.9. The second-order valence-corrected chi connectivity index (χ2v) is 7.42. The number of amides is 1. The smallest absolute Gasteiger partial charge is 0.257 e. The molecule has 5 heteroatoms. The molecule has 1 N–H and O–H groups in total. The van der Waals surface area contributed by atoms with Crippen molar-refractivity contribution in [3.05, 3.63) is 59.7 Å². The van der Waals surface area contributed by atoms with Crippen LogP contribution in [0.2, 0.25) is 0 Å². The highest BCUT2D eigenvalue weighted by atomic mass is 16.5. The number of anilines is 1. The minimum absolute atomic E-state index is 0.0485. The first-order valence-corrected chi connectivity index (χ1v) is 9.66. The summed E-state index contributed by atoms with van der Waals surface area (Å²) in [6.07, 6.45) is 2.08. The number of nitrogens with zero attached hydrogens (tertiary/aromatic N) is 1. The summed E-state index contributed by atoms with van der Waals surface area (Å²) in [6.45, 7) is 5.39. The fourth-order valence-corrected chi connectivity index (χ4v) is 3.75. The number of carbonyl (C=O) groups excluding carboxylic acids is 1. The minimum atomic E-state index is -0.218. The lowest BCUT2D eigenvalue weighted by molar-refractivity contribution is 0.0427. The Kier molecular flexibility index (Phi) is 5.03. The molecule has 27 heavy (non-hydrogen) atoms. The Morgan fingerprint density at radius 3 is 2.67 bits per heavy atom. The molecule has 2 aromatic rings. The summed E-state index contributed by atoms with van der Waals surface area (Å²) >= 11 is 0. The zero-order valence-corrected chi connectivity index (χ0v) is 15.9. The van der Waals surface area contributed by atoms with E-state index in [1.165, 1.54) is 0 Å². The maximum absolute atomic E-state index is 13.2. The number of rotatable bonds is 5. The number of ether oxygens (including phenoxy) is 2. The van der Waals surface area contributed by atoms with E-state index in [1.54, 1.807) is 0 Å². The molecule has 2 aromatic carbocycles. The molecule has 0 radical (unpaired) electrons. The second kappa shape index (κ2) is 7.61. The second-order valence-electron chi connectivity index (χ2n) is 7.42. The molecule has 2 atom stereocenters. The van der Waals surface area contributed by atoms with Gasteiger partial charge in [0, 0.05) is 18.8 Å². The van der Waals surface area contributed by atoms with Gasteiger partial charge in [-0.3, -0.25) is 4.79 Å². The van der Waals surface area contributed by atoms with Crippen LogP contribution in [0.1, 0.15) is 48.8 Å². The molecule has 0 aliphatic carbocycles. The molecule has 1 saturated heterocycles. The molecule has 2 unspecified atom stereocenters. The lowest BCUT2D eigenvalue weighted by atomic mass is 10.0. The van der Waals surface area contributed by atoms with Crippen LogP contribution in [0.5, 0.6) is 5.75 Å². The molecule has 5 nitrogen and oxygen atoms in total. The Labute approximate surface area is 160 Å². The number of carbonyl (C=O) groups is 1. The van der Waals surface area contributed by atoms with E-state index in [4.69, 9.17) is 9.47 Å². The first kappa shape index (κ1) is 17.9. The predicted octanol–water partition coefficient (Wildman–Crippen LogP) is 4.22. The van der Waals surface area contributed by atoms with Crippen molar-refractivity contribution in [3.63, 3.8) is 0 Å². The number of benzene rings is 2. The van der Waals surface area contributed by atoms with Crippen molar-refractivity contribution in [2.24, 2.45) is 0 Å². The van der Waals surface area contributed by atoms with Crippen molar-refractivity contribution in [1.29, 1.82) is 0 Å². The standard InChI is InChI=1S/C22H26N2O3/c1-15(2)27-17-11-9-16(10-12-17)21-23-20-8-4-3-7-19(20)22(25)24(21)14-18-6-5-13-26-18/h3-4,7-12,15,18,21,23H,5-6,13-14H2,1-2H3. The summed E-state index contributed by atoms with van der Waals surface area (Å²) in [5.41, 5.74) is 2.62. The van der Waals surface area contributed by atoms with E-state index in [-0.39, 0.29) is 24.3 Å². The molecular formula is C22H26N2O3. The monoisotopic (exact) mass is 366 g/mol. The third kappa shape index (κ3) is 3.78. The molecule has 142 valence electrons. The first-order chi connectivity index (χ1) is 13.1. The summed E-state index contributed by atoms with van der Waals surface area (Å²) in [6, 6.07) is 15.7. The van der Waals surface area contributed by atoms with Crippen molar-refractivity contribution >= 4 is 11.6 Å². The van der Waals surface area contributed by atoms with E-state index in [2.05, 4.69) is 5.32 Å². The highest BCUT2D eigenvalue weighted by molar-refractivity contribution is 6.01. The largest absolute Gasteiger partial charge is 0.491 e. The van der Waals surface area contributed by atoms with Gasteiger partial charge in [0.1, 0.15) is 11.9 Å². The third-order valence-corrected chi connectivity index (χ3v) is 5.01. The van der Waals surface area contributed by atoms with Gasteiger partial charge in [-0.05, 0) is 56.5 Å². The number of para-hydroxylation sites is 1. The van der Waals surface area contributed by atoms with E-state index in [1.807, 2.05) is 67.3 Å². The number of hydrogen-bond acceptors (Lipinski definition) is 4. The van der Waals surface area contributed by atoms with Crippen LogP contribution in [0.4, 0.5) is 5.69 Å². The van der Waals surface area contributed by atoms with E-state index in [0.29, 0.717) is 12.1 Å². The van der Waals surface area contributed by atoms with Gasteiger partial charge in [-0.25, -0.2) is 0 Å². The van der Waals surface area contributed by atoms with Crippen LogP contribution in [0.25, 0.3) is 0 Å². The number of nitrogens with one attached hydrogen (secondary N) is 1. The molecule has 0 aromatic heterocycles. The molecular weight excluding hydrogens is 340 g/mol. The molecule has 0 spiro atoms. The highest BCUT2D eigenvalue weighted by Crippen LogP contribution is 2.34. The maximum Gasteiger partial charge on any atom is 0.257 e. The van der Waals surface area contributed by atoms with Gasteiger partial charge < -0.3 is 19.7 Å². The number of fused-ring (bicyclic) bond motifs is 1. The molecule has 4 rings (SSSR count). The van der Waals surface area contributed by atoms with Crippen LogP contribution < -0.4 is 10.1 Å². The minimum Gasteiger partial charge on any atom is -0.491 e. The van der Waals surface area contributed by atoms with Crippen LogP contribution in [-0.2, 0) is 4.74 Å². The Morgan fingerprint density at radius 2 is 1.96 bits per heavy atom. The van der Waals surface area contributed by atoms with E-state index >= 15 is 0 Å². The average molecular weight is 366 g/mol. The SMILES string of the molecule is CC(C)Oc1ccc(C2Nc3ccccc3C(=O)N2CC2CCCO2)cc1. The van der Waals surface area contributed by atoms with Gasteiger partial charge in [0.05, 0.1) is 17.8 Å². The van der Waals surface area contributed by atoms with E-state index in [9.17, 15) is 4.79 Å². The molecule has 2 aliphatic rings. The quantitative estimate of drug-likeness (QED) is 0.861. The zero-order chi connectivity index (χ0) is 18.8. The van der Waals surface area contributed by atoms with Crippen LogP contribution in [0.15, 0.2) is 48.5 Å². The summed E-state index contributed by atoms with van der Waals surface area (Å²) in [5, 5.41) is 3.54. The Morgan fingerprint density at radius 1 is 1.19 bits per heavy atom.